The molecule has 0 N–H and O–H groups in total. The predicted molar refractivity (Wildman–Crippen MR) is 107 cm³/mol. The fraction of sp³-hybridized carbons (Fsp3) is 0.0455. The fourth-order valence-corrected chi connectivity index (χ4v) is 3.17. The van der Waals surface area contributed by atoms with Gasteiger partial charge in [-0.25, -0.2) is 0 Å². The highest BCUT2D eigenvalue weighted by Gasteiger charge is 2.27. The van der Waals surface area contributed by atoms with E-state index in [9.17, 15) is 4.79 Å². The van der Waals surface area contributed by atoms with E-state index in [2.05, 4.69) is 0 Å². The van der Waals surface area contributed by atoms with Gasteiger partial charge >= 0.3 is 0 Å². The first-order chi connectivity index (χ1) is 13.1. The summed E-state index contributed by atoms with van der Waals surface area (Å²) >= 11 is 12.1. The van der Waals surface area contributed by atoms with Gasteiger partial charge in [-0.15, -0.1) is 0 Å². The lowest BCUT2D eigenvalue weighted by atomic mass is 10.1. The van der Waals surface area contributed by atoms with Crippen molar-refractivity contribution < 1.29 is 14.3 Å². The Morgan fingerprint density at radius 2 is 1.81 bits per heavy atom. The van der Waals surface area contributed by atoms with Gasteiger partial charge in [0.2, 0.25) is 5.78 Å². The first-order valence-corrected chi connectivity index (χ1v) is 9.06. The van der Waals surface area contributed by atoms with Crippen LogP contribution < -0.4 is 9.47 Å². The summed E-state index contributed by atoms with van der Waals surface area (Å²) in [6.07, 6.45) is 1.68. The third-order valence-electron chi connectivity index (χ3n) is 4.14. The summed E-state index contributed by atoms with van der Waals surface area (Å²) in [5.74, 6) is 1.17. The first kappa shape index (κ1) is 17.7. The number of fused-ring (bicyclic) bond motifs is 1. The van der Waals surface area contributed by atoms with Gasteiger partial charge in [0.15, 0.2) is 5.76 Å². The number of hydrogen-bond donors (Lipinski definition) is 0. The third kappa shape index (κ3) is 3.85. The van der Waals surface area contributed by atoms with E-state index < -0.39 is 0 Å². The molecule has 3 nitrogen and oxygen atoms in total. The van der Waals surface area contributed by atoms with Gasteiger partial charge in [-0.05, 0) is 42.0 Å². The molecular weight excluding hydrogens is 383 g/mol. The van der Waals surface area contributed by atoms with Crippen molar-refractivity contribution in [3.8, 4) is 11.5 Å². The van der Waals surface area contributed by atoms with Crippen molar-refractivity contribution in [1.82, 2.24) is 0 Å². The van der Waals surface area contributed by atoms with E-state index >= 15 is 0 Å². The van der Waals surface area contributed by atoms with Crippen LogP contribution >= 0.6 is 23.2 Å². The number of carbonyl (C=O) groups excluding carboxylic acids is 1. The van der Waals surface area contributed by atoms with Gasteiger partial charge in [-0.3, -0.25) is 4.79 Å². The van der Waals surface area contributed by atoms with Crippen molar-refractivity contribution >= 4 is 35.1 Å². The Morgan fingerprint density at radius 3 is 2.63 bits per heavy atom. The molecule has 0 saturated heterocycles. The van der Waals surface area contributed by atoms with Crippen LogP contribution in [0.5, 0.6) is 11.5 Å². The Balaban J connectivity index is 1.53. The van der Waals surface area contributed by atoms with Gasteiger partial charge in [0.05, 0.1) is 5.56 Å². The van der Waals surface area contributed by atoms with Gasteiger partial charge in [-0.2, -0.15) is 0 Å². The van der Waals surface area contributed by atoms with Crippen molar-refractivity contribution in [2.45, 2.75) is 6.61 Å². The standard InChI is InChI=1S/C22H14Cl2O3/c23-16-6-3-4-14(10-16)11-21-22(25)18-9-8-17(12-20(18)27-21)26-13-15-5-1-2-7-19(15)24/h1-12H,13H2/b21-11-. The molecule has 0 atom stereocenters. The van der Waals surface area contributed by atoms with E-state index in [0.717, 1.165) is 11.1 Å². The lowest BCUT2D eigenvalue weighted by molar-refractivity contribution is 0.101. The monoisotopic (exact) mass is 396 g/mol. The number of ketones is 1. The van der Waals surface area contributed by atoms with Crippen LogP contribution in [0.15, 0.2) is 72.5 Å². The summed E-state index contributed by atoms with van der Waals surface area (Å²) in [5.41, 5.74) is 2.19. The predicted octanol–water partition coefficient (Wildman–Crippen LogP) is 6.19. The lowest BCUT2D eigenvalue weighted by Crippen LogP contribution is -1.98. The second kappa shape index (κ2) is 7.47. The molecule has 1 heterocycles. The number of halogens is 2. The molecule has 5 heteroatoms. The molecule has 0 spiro atoms. The Bertz CT molecular complexity index is 1060. The SMILES string of the molecule is O=C1/C(=C/c2cccc(Cl)c2)Oc2cc(OCc3ccccc3Cl)ccc21. The summed E-state index contributed by atoms with van der Waals surface area (Å²) in [5, 5.41) is 1.25. The number of ether oxygens (including phenoxy) is 2. The van der Waals surface area contributed by atoms with E-state index in [0.29, 0.717) is 33.7 Å². The summed E-state index contributed by atoms with van der Waals surface area (Å²) in [6, 6.07) is 19.9. The Morgan fingerprint density at radius 1 is 0.963 bits per heavy atom. The molecule has 3 aromatic rings. The molecule has 1 aliphatic rings. The lowest BCUT2D eigenvalue weighted by Gasteiger charge is -2.08. The molecule has 1 aliphatic heterocycles. The molecule has 0 amide bonds. The zero-order valence-corrected chi connectivity index (χ0v) is 15.6. The largest absolute Gasteiger partial charge is 0.489 e. The second-order valence-corrected chi connectivity index (χ2v) is 6.88. The van der Waals surface area contributed by atoms with Crippen LogP contribution in [0.1, 0.15) is 21.5 Å². The zero-order chi connectivity index (χ0) is 18.8. The van der Waals surface area contributed by atoms with Crippen LogP contribution in [0.3, 0.4) is 0 Å². The first-order valence-electron chi connectivity index (χ1n) is 8.30. The van der Waals surface area contributed by atoms with Crippen LogP contribution in [0.2, 0.25) is 10.0 Å². The maximum absolute atomic E-state index is 12.5. The molecule has 27 heavy (non-hydrogen) atoms. The normalized spacial score (nSPS) is 14.1. The van der Waals surface area contributed by atoms with Crippen molar-refractivity contribution in [2.24, 2.45) is 0 Å². The number of benzene rings is 3. The van der Waals surface area contributed by atoms with Crippen molar-refractivity contribution in [3.05, 3.63) is 99.2 Å². The molecule has 0 aliphatic carbocycles. The second-order valence-electron chi connectivity index (χ2n) is 6.03. The summed E-state index contributed by atoms with van der Waals surface area (Å²) < 4.78 is 11.5. The van der Waals surface area contributed by atoms with E-state index in [4.69, 9.17) is 32.7 Å². The number of rotatable bonds is 4. The van der Waals surface area contributed by atoms with Gasteiger partial charge in [0.1, 0.15) is 18.1 Å². The number of allylic oxidation sites excluding steroid dienone is 1. The third-order valence-corrected chi connectivity index (χ3v) is 4.74. The molecule has 134 valence electrons. The highest BCUT2D eigenvalue weighted by atomic mass is 35.5. The zero-order valence-electron chi connectivity index (χ0n) is 14.1. The molecule has 0 radical (unpaired) electrons. The van der Waals surface area contributed by atoms with Crippen LogP contribution in [-0.2, 0) is 6.61 Å². The quantitative estimate of drug-likeness (QED) is 0.493. The minimum absolute atomic E-state index is 0.164. The van der Waals surface area contributed by atoms with Crippen molar-refractivity contribution in [1.29, 1.82) is 0 Å². The molecule has 0 saturated carbocycles. The highest BCUT2D eigenvalue weighted by Crippen LogP contribution is 2.35. The Kier molecular flexibility index (Phi) is 4.88. The van der Waals surface area contributed by atoms with Gasteiger partial charge in [0.25, 0.3) is 0 Å². The minimum Gasteiger partial charge on any atom is -0.489 e. The number of Topliss-reactive ketones (excluding diaryl/α,β-unsaturated/α-hetero) is 1. The van der Waals surface area contributed by atoms with Crippen LogP contribution in [0.25, 0.3) is 6.08 Å². The maximum Gasteiger partial charge on any atom is 0.231 e. The van der Waals surface area contributed by atoms with Crippen molar-refractivity contribution in [3.63, 3.8) is 0 Å². The molecule has 0 unspecified atom stereocenters. The van der Waals surface area contributed by atoms with Crippen LogP contribution in [0, 0.1) is 0 Å². The van der Waals surface area contributed by atoms with Gasteiger partial charge in [0, 0.05) is 21.7 Å². The average Bonchev–Trinajstić information content (AvgIpc) is 2.96. The van der Waals surface area contributed by atoms with E-state index in [-0.39, 0.29) is 11.5 Å². The maximum atomic E-state index is 12.5. The average molecular weight is 397 g/mol. The Hall–Kier alpha value is -2.75. The molecule has 3 aromatic carbocycles. The van der Waals surface area contributed by atoms with E-state index in [1.807, 2.05) is 36.4 Å². The molecule has 4 rings (SSSR count). The van der Waals surface area contributed by atoms with Crippen LogP contribution in [0.4, 0.5) is 0 Å². The molecule has 0 aromatic heterocycles. The molecule has 0 fully saturated rings. The van der Waals surface area contributed by atoms with E-state index in [1.54, 1.807) is 36.4 Å². The molecular formula is C22H14Cl2O3. The van der Waals surface area contributed by atoms with Crippen LogP contribution in [-0.4, -0.2) is 5.78 Å². The summed E-state index contributed by atoms with van der Waals surface area (Å²) in [4.78, 5) is 12.5. The summed E-state index contributed by atoms with van der Waals surface area (Å²) in [7, 11) is 0. The fourth-order valence-electron chi connectivity index (χ4n) is 2.78. The van der Waals surface area contributed by atoms with Crippen molar-refractivity contribution in [2.75, 3.05) is 0 Å². The smallest absolute Gasteiger partial charge is 0.231 e. The van der Waals surface area contributed by atoms with E-state index in [1.165, 1.54) is 0 Å². The summed E-state index contributed by atoms with van der Waals surface area (Å²) in [6.45, 7) is 0.331. The van der Waals surface area contributed by atoms with Gasteiger partial charge in [-0.1, -0.05) is 53.5 Å². The minimum atomic E-state index is -0.164. The Labute approximate surface area is 166 Å². The number of carbonyl (C=O) groups is 1. The highest BCUT2D eigenvalue weighted by molar-refractivity contribution is 6.31. The van der Waals surface area contributed by atoms with Gasteiger partial charge < -0.3 is 9.47 Å². The topological polar surface area (TPSA) is 35.5 Å². The number of hydrogen-bond acceptors (Lipinski definition) is 3. The molecule has 0 bridgehead atoms.